The second-order valence-corrected chi connectivity index (χ2v) is 6.51. The van der Waals surface area contributed by atoms with Gasteiger partial charge in [-0.15, -0.1) is 10.2 Å². The summed E-state index contributed by atoms with van der Waals surface area (Å²) in [6, 6.07) is 15.3. The van der Waals surface area contributed by atoms with Crippen LogP contribution >= 0.6 is 11.8 Å². The van der Waals surface area contributed by atoms with Crippen LogP contribution in [0.15, 0.2) is 64.9 Å². The summed E-state index contributed by atoms with van der Waals surface area (Å²) in [5.41, 5.74) is 3.50. The Morgan fingerprint density at radius 1 is 1.21 bits per heavy atom. The van der Waals surface area contributed by atoms with Gasteiger partial charge in [0, 0.05) is 6.07 Å². The smallest absolute Gasteiger partial charge is 0.292 e. The number of nitrogens with two attached hydrogens (primary N) is 1. The van der Waals surface area contributed by atoms with Crippen LogP contribution in [0.1, 0.15) is 5.56 Å². The Bertz CT molecular complexity index is 1040. The van der Waals surface area contributed by atoms with Crippen LogP contribution in [0.3, 0.4) is 0 Å². The van der Waals surface area contributed by atoms with Crippen molar-refractivity contribution in [3.05, 3.63) is 70.3 Å². The van der Waals surface area contributed by atoms with Crippen molar-refractivity contribution in [3.63, 3.8) is 0 Å². The van der Waals surface area contributed by atoms with Gasteiger partial charge in [0.05, 0.1) is 16.9 Å². The van der Waals surface area contributed by atoms with Crippen molar-refractivity contribution in [2.75, 3.05) is 22.3 Å². The topological polar surface area (TPSA) is 153 Å². The number of para-hydroxylation sites is 2. The summed E-state index contributed by atoms with van der Waals surface area (Å²) in [4.78, 5) is 22.6. The number of nitrogen functional groups attached to an aromatic ring is 1. The highest BCUT2D eigenvalue weighted by Crippen LogP contribution is 2.24. The van der Waals surface area contributed by atoms with E-state index in [4.69, 9.17) is 5.84 Å². The maximum Gasteiger partial charge on any atom is 0.292 e. The number of hydrogen-bond donors (Lipinski definition) is 3. The van der Waals surface area contributed by atoms with Gasteiger partial charge < -0.3 is 11.2 Å². The summed E-state index contributed by atoms with van der Waals surface area (Å²) >= 11 is 1.03. The molecule has 0 aliphatic rings. The van der Waals surface area contributed by atoms with E-state index in [-0.39, 0.29) is 28.2 Å². The lowest BCUT2D eigenvalue weighted by molar-refractivity contribution is -0.383. The van der Waals surface area contributed by atoms with E-state index in [0.717, 1.165) is 22.0 Å². The molecule has 11 nitrogen and oxygen atoms in total. The Hall–Kier alpha value is -3.93. The Balaban J connectivity index is 1.56. The van der Waals surface area contributed by atoms with Gasteiger partial charge in [-0.3, -0.25) is 14.9 Å². The van der Waals surface area contributed by atoms with Gasteiger partial charge in [0.25, 0.3) is 11.6 Å². The van der Waals surface area contributed by atoms with Crippen molar-refractivity contribution >= 4 is 41.2 Å². The zero-order chi connectivity index (χ0) is 20.6. The molecule has 0 radical (unpaired) electrons. The van der Waals surface area contributed by atoms with Gasteiger partial charge in [-0.05, 0) is 11.6 Å². The lowest BCUT2D eigenvalue weighted by Crippen LogP contribution is -2.17. The number of thioether (sulfide) groups is 1. The van der Waals surface area contributed by atoms with Crippen LogP contribution < -0.4 is 16.6 Å². The largest absolute Gasteiger partial charge is 0.334 e. The summed E-state index contributed by atoms with van der Waals surface area (Å²) in [5.74, 6) is 5.59. The molecular weight excluding hydrogens is 396 g/mol. The van der Waals surface area contributed by atoms with E-state index < -0.39 is 10.8 Å². The fraction of sp³-hybridized carbons (Fsp3) is 0.0588. The van der Waals surface area contributed by atoms with Crippen molar-refractivity contribution < 1.29 is 9.72 Å². The number of amides is 1. The number of aromatic nitrogens is 3. The quantitative estimate of drug-likeness (QED) is 0.167. The molecule has 148 valence electrons. The fourth-order valence-electron chi connectivity index (χ4n) is 2.21. The molecule has 4 N–H and O–H groups in total. The van der Waals surface area contributed by atoms with Gasteiger partial charge in [0.2, 0.25) is 11.1 Å². The first-order valence-electron chi connectivity index (χ1n) is 8.25. The standard InChI is InChI=1S/C17H16N8O3S/c18-24-16(21-19-10-12-6-2-1-3-7-12)22-23-17(24)29-11-15(26)20-13-8-4-5-9-14(13)25(27)28/h1-10H,11,18H2,(H,20,26)(H,21,22)/b19-10+. The highest BCUT2D eigenvalue weighted by atomic mass is 32.2. The second-order valence-electron chi connectivity index (χ2n) is 5.57. The Kier molecular flexibility index (Phi) is 6.37. The van der Waals surface area contributed by atoms with Gasteiger partial charge in [0.1, 0.15) is 5.69 Å². The number of anilines is 2. The molecule has 0 unspecified atom stereocenters. The predicted octanol–water partition coefficient (Wildman–Crippen LogP) is 2.08. The van der Waals surface area contributed by atoms with Gasteiger partial charge >= 0.3 is 0 Å². The summed E-state index contributed by atoms with van der Waals surface area (Å²) < 4.78 is 1.16. The maximum atomic E-state index is 12.1. The minimum atomic E-state index is -0.562. The Labute approximate surface area is 169 Å². The number of carbonyl (C=O) groups is 1. The molecular formula is C17H16N8O3S. The van der Waals surface area contributed by atoms with E-state index in [9.17, 15) is 14.9 Å². The number of hydrogen-bond acceptors (Lipinski definition) is 9. The second kappa shape index (κ2) is 9.32. The first-order valence-corrected chi connectivity index (χ1v) is 9.24. The maximum absolute atomic E-state index is 12.1. The van der Waals surface area contributed by atoms with E-state index in [1.165, 1.54) is 18.2 Å². The van der Waals surface area contributed by atoms with Crippen LogP contribution in [0, 0.1) is 10.1 Å². The molecule has 1 amide bonds. The molecule has 29 heavy (non-hydrogen) atoms. The number of nitrogens with one attached hydrogen (secondary N) is 2. The van der Waals surface area contributed by atoms with Crippen LogP contribution in [0.4, 0.5) is 17.3 Å². The SMILES string of the molecule is Nn1c(N/N=C/c2ccccc2)nnc1SCC(=O)Nc1ccccc1[N+](=O)[O-]. The first kappa shape index (κ1) is 19.8. The highest BCUT2D eigenvalue weighted by molar-refractivity contribution is 7.99. The summed E-state index contributed by atoms with van der Waals surface area (Å²) in [6.07, 6.45) is 1.60. The number of nitrogens with zero attached hydrogens (tertiary/aromatic N) is 5. The third-order valence-corrected chi connectivity index (χ3v) is 4.49. The number of carbonyl (C=O) groups excluding carboxylic acids is 1. The highest BCUT2D eigenvalue weighted by Gasteiger charge is 2.16. The van der Waals surface area contributed by atoms with Crippen molar-refractivity contribution in [1.82, 2.24) is 14.9 Å². The molecule has 0 atom stereocenters. The normalized spacial score (nSPS) is 10.8. The molecule has 2 aromatic carbocycles. The van der Waals surface area contributed by atoms with Gasteiger partial charge in [0.15, 0.2) is 0 Å². The van der Waals surface area contributed by atoms with Crippen molar-refractivity contribution in [3.8, 4) is 0 Å². The lowest BCUT2D eigenvalue weighted by atomic mass is 10.2. The van der Waals surface area contributed by atoms with E-state index >= 15 is 0 Å². The van der Waals surface area contributed by atoms with Crippen molar-refractivity contribution in [2.45, 2.75) is 5.16 Å². The lowest BCUT2D eigenvalue weighted by Gasteiger charge is -2.05. The molecule has 1 aromatic heterocycles. The van der Waals surface area contributed by atoms with Crippen LogP contribution in [-0.2, 0) is 4.79 Å². The number of hydrazone groups is 1. The monoisotopic (exact) mass is 412 g/mol. The van der Waals surface area contributed by atoms with Gasteiger partial charge in [-0.1, -0.05) is 54.2 Å². The van der Waals surface area contributed by atoms with Crippen molar-refractivity contribution in [2.24, 2.45) is 5.10 Å². The third-order valence-electron chi connectivity index (χ3n) is 3.55. The van der Waals surface area contributed by atoms with Crippen molar-refractivity contribution in [1.29, 1.82) is 0 Å². The minimum Gasteiger partial charge on any atom is -0.334 e. The molecule has 3 rings (SSSR count). The molecule has 12 heteroatoms. The summed E-state index contributed by atoms with van der Waals surface area (Å²) in [6.45, 7) is 0. The van der Waals surface area contributed by atoms with Gasteiger partial charge in [-0.25, -0.2) is 10.1 Å². The predicted molar refractivity (Wildman–Crippen MR) is 110 cm³/mol. The number of nitro groups is 1. The molecule has 3 aromatic rings. The number of nitro benzene ring substituents is 1. The zero-order valence-corrected chi connectivity index (χ0v) is 15.7. The van der Waals surface area contributed by atoms with Gasteiger partial charge in [-0.2, -0.15) is 5.10 Å². The van der Waals surface area contributed by atoms with E-state index in [2.05, 4.69) is 26.0 Å². The molecule has 0 fully saturated rings. The molecule has 0 saturated heterocycles. The first-order chi connectivity index (χ1) is 14.0. The molecule has 0 aliphatic heterocycles. The third kappa shape index (κ3) is 5.29. The minimum absolute atomic E-state index is 0.0608. The molecule has 0 aliphatic carbocycles. The average Bonchev–Trinajstić information content (AvgIpc) is 3.07. The number of rotatable bonds is 8. The Morgan fingerprint density at radius 2 is 1.93 bits per heavy atom. The van der Waals surface area contributed by atoms with E-state index in [1.54, 1.807) is 12.3 Å². The van der Waals surface area contributed by atoms with Crippen LogP contribution in [0.2, 0.25) is 0 Å². The summed E-state index contributed by atoms with van der Waals surface area (Å²) in [7, 11) is 0. The van der Waals surface area contributed by atoms with Crippen LogP contribution in [0.5, 0.6) is 0 Å². The molecule has 0 spiro atoms. The average molecular weight is 412 g/mol. The van der Waals surface area contributed by atoms with E-state index in [0.29, 0.717) is 0 Å². The van der Waals surface area contributed by atoms with Crippen LogP contribution in [0.25, 0.3) is 0 Å². The van der Waals surface area contributed by atoms with E-state index in [1.807, 2.05) is 30.3 Å². The zero-order valence-electron chi connectivity index (χ0n) is 14.9. The number of benzene rings is 2. The molecule has 0 bridgehead atoms. The van der Waals surface area contributed by atoms with Crippen LogP contribution in [-0.4, -0.2) is 37.7 Å². The molecule has 1 heterocycles. The molecule has 0 saturated carbocycles. The fourth-order valence-corrected chi connectivity index (χ4v) is 2.87. The summed E-state index contributed by atoms with van der Waals surface area (Å²) in [5, 5.41) is 25.6. The Morgan fingerprint density at radius 3 is 2.69 bits per heavy atom.